The molecule has 3 aromatic rings. The fourth-order valence-electron chi connectivity index (χ4n) is 5.35. The van der Waals surface area contributed by atoms with Crippen LogP contribution in [0.1, 0.15) is 73.2 Å². The monoisotopic (exact) mass is 536 g/mol. The number of thiophene rings is 1. The van der Waals surface area contributed by atoms with E-state index in [1.54, 1.807) is 28.0 Å². The highest BCUT2D eigenvalue weighted by Gasteiger charge is 2.40. The lowest BCUT2D eigenvalue weighted by atomic mass is 9.87. The number of aromatic nitrogens is 2. The molecule has 37 heavy (non-hydrogen) atoms. The van der Waals surface area contributed by atoms with Crippen LogP contribution < -0.4 is 4.90 Å². The Balaban J connectivity index is 1.73. The summed E-state index contributed by atoms with van der Waals surface area (Å²) in [6.45, 7) is 12.3. The van der Waals surface area contributed by atoms with Crippen molar-refractivity contribution in [2.45, 2.75) is 64.5 Å². The molecule has 1 unspecified atom stereocenters. The average Bonchev–Trinajstić information content (AvgIpc) is 3.49. The summed E-state index contributed by atoms with van der Waals surface area (Å²) in [7, 11) is 0. The molecule has 0 saturated carbocycles. The maximum Gasteiger partial charge on any atom is 0.242 e. The van der Waals surface area contributed by atoms with E-state index in [9.17, 15) is 9.59 Å². The van der Waals surface area contributed by atoms with Gasteiger partial charge in [0.25, 0.3) is 0 Å². The number of benzene rings is 1. The van der Waals surface area contributed by atoms with E-state index < -0.39 is 0 Å². The molecule has 0 aliphatic carbocycles. The molecule has 196 valence electrons. The zero-order valence-corrected chi connectivity index (χ0v) is 24.0. The number of piperidine rings is 1. The molecule has 0 radical (unpaired) electrons. The quantitative estimate of drug-likeness (QED) is 0.409. The molecule has 4 heterocycles. The molecule has 2 aliphatic rings. The van der Waals surface area contributed by atoms with Gasteiger partial charge in [-0.3, -0.25) is 14.5 Å². The number of nitrogens with zero attached hydrogens (tertiary/aromatic N) is 4. The number of aryl methyl sites for hydroxylation is 2. The molecular weight excluding hydrogens is 500 g/mol. The lowest BCUT2D eigenvalue weighted by Gasteiger charge is -2.30. The molecular formula is C29H36N4O2S2. The molecule has 5 rings (SSSR count). The van der Waals surface area contributed by atoms with Crippen molar-refractivity contribution in [3.8, 4) is 5.69 Å². The summed E-state index contributed by atoms with van der Waals surface area (Å²) < 4.78 is 1.94. The van der Waals surface area contributed by atoms with Crippen molar-refractivity contribution in [3.05, 3.63) is 63.0 Å². The summed E-state index contributed by atoms with van der Waals surface area (Å²) in [6.07, 6.45) is 3.20. The van der Waals surface area contributed by atoms with Crippen LogP contribution in [0.2, 0.25) is 0 Å². The first kappa shape index (κ1) is 26.0. The van der Waals surface area contributed by atoms with Crippen molar-refractivity contribution in [3.63, 3.8) is 0 Å². The van der Waals surface area contributed by atoms with Gasteiger partial charge in [-0.15, -0.1) is 11.8 Å². The zero-order chi connectivity index (χ0) is 26.3. The molecule has 2 aromatic heterocycles. The summed E-state index contributed by atoms with van der Waals surface area (Å²) >= 11 is 3.31. The third kappa shape index (κ3) is 5.10. The summed E-state index contributed by atoms with van der Waals surface area (Å²) in [5.41, 5.74) is 6.15. The van der Waals surface area contributed by atoms with E-state index in [1.165, 1.54) is 11.1 Å². The molecule has 8 heteroatoms. The summed E-state index contributed by atoms with van der Waals surface area (Å²) in [5, 5.41) is 9.44. The predicted molar refractivity (Wildman–Crippen MR) is 153 cm³/mol. The van der Waals surface area contributed by atoms with Gasteiger partial charge in [0, 0.05) is 24.1 Å². The number of likely N-dealkylation sites (tertiary alicyclic amines) is 1. The van der Waals surface area contributed by atoms with Crippen LogP contribution in [0.3, 0.4) is 0 Å². The van der Waals surface area contributed by atoms with E-state index in [-0.39, 0.29) is 29.0 Å². The Kier molecular flexibility index (Phi) is 7.24. The second-order valence-corrected chi connectivity index (χ2v) is 13.1. The van der Waals surface area contributed by atoms with Crippen LogP contribution in [0.5, 0.6) is 0 Å². The van der Waals surface area contributed by atoms with Crippen LogP contribution in [0, 0.1) is 13.8 Å². The third-order valence-corrected chi connectivity index (χ3v) is 9.18. The van der Waals surface area contributed by atoms with Gasteiger partial charge in [0.15, 0.2) is 0 Å². The maximum absolute atomic E-state index is 13.8. The number of carbonyl (C=O) groups is 2. The van der Waals surface area contributed by atoms with E-state index in [2.05, 4.69) is 69.6 Å². The van der Waals surface area contributed by atoms with Gasteiger partial charge in [0.05, 0.1) is 22.4 Å². The van der Waals surface area contributed by atoms with E-state index in [1.807, 2.05) is 9.58 Å². The lowest BCUT2D eigenvalue weighted by molar-refractivity contribution is -0.132. The van der Waals surface area contributed by atoms with E-state index in [4.69, 9.17) is 5.10 Å². The number of thioether (sulfide) groups is 1. The summed E-state index contributed by atoms with van der Waals surface area (Å²) in [5.74, 6) is 1.04. The van der Waals surface area contributed by atoms with Crippen molar-refractivity contribution in [1.29, 1.82) is 0 Å². The zero-order valence-electron chi connectivity index (χ0n) is 22.4. The highest BCUT2D eigenvalue weighted by Crippen LogP contribution is 2.49. The third-order valence-electron chi connectivity index (χ3n) is 7.23. The van der Waals surface area contributed by atoms with Crippen LogP contribution in [0.4, 0.5) is 5.82 Å². The highest BCUT2D eigenvalue weighted by molar-refractivity contribution is 8.00. The molecule has 6 nitrogen and oxygen atoms in total. The largest absolute Gasteiger partial charge is 0.341 e. The Bertz CT molecular complexity index is 1300. The van der Waals surface area contributed by atoms with E-state index >= 15 is 0 Å². The Morgan fingerprint density at radius 2 is 1.86 bits per heavy atom. The minimum Gasteiger partial charge on any atom is -0.341 e. The fraction of sp³-hybridized carbons (Fsp3) is 0.483. The number of rotatable bonds is 4. The molecule has 0 N–H and O–H groups in total. The number of carbonyl (C=O) groups excluding carboxylic acids is 2. The van der Waals surface area contributed by atoms with Crippen molar-refractivity contribution < 1.29 is 9.59 Å². The van der Waals surface area contributed by atoms with Gasteiger partial charge in [-0.25, -0.2) is 4.68 Å². The van der Waals surface area contributed by atoms with Crippen LogP contribution in [0.15, 0.2) is 35.0 Å². The van der Waals surface area contributed by atoms with Crippen molar-refractivity contribution in [2.75, 3.05) is 30.3 Å². The first-order chi connectivity index (χ1) is 17.6. The average molecular weight is 537 g/mol. The second kappa shape index (κ2) is 10.3. The fourth-order valence-corrected chi connectivity index (χ4v) is 7.31. The molecule has 1 atom stereocenters. The van der Waals surface area contributed by atoms with Crippen LogP contribution in [-0.4, -0.2) is 51.9 Å². The number of amides is 2. The molecule has 1 saturated heterocycles. The normalized spacial score (nSPS) is 18.6. The lowest BCUT2D eigenvalue weighted by Crippen LogP contribution is -2.46. The SMILES string of the molecule is Cc1ccc(-n2nc(C(C)(C)C)c3c2N(CC(=O)N2CCCCC2)C(=O)CSC3c2ccsc2)c(C)c1. The van der Waals surface area contributed by atoms with E-state index in [0.29, 0.717) is 5.75 Å². The molecule has 0 spiro atoms. The van der Waals surface area contributed by atoms with E-state index in [0.717, 1.165) is 60.7 Å². The minimum absolute atomic E-state index is 0.0173. The van der Waals surface area contributed by atoms with Crippen LogP contribution in [0.25, 0.3) is 5.69 Å². The standard InChI is InChI=1S/C29H36N4O2S2/c1-19-9-10-22(20(2)15-19)33-28-25(27(30-33)29(3,4)5)26(21-11-14-36-17-21)37-18-24(35)32(28)16-23(34)31-12-7-6-8-13-31/h9-11,14-15,17,26H,6-8,12-13,16,18H2,1-5H3. The maximum atomic E-state index is 13.8. The summed E-state index contributed by atoms with van der Waals surface area (Å²) in [6, 6.07) is 8.45. The van der Waals surface area contributed by atoms with Gasteiger partial charge in [-0.2, -0.15) is 16.4 Å². The van der Waals surface area contributed by atoms with Gasteiger partial charge in [-0.05, 0) is 67.1 Å². The Morgan fingerprint density at radius 1 is 1.11 bits per heavy atom. The Morgan fingerprint density at radius 3 is 2.51 bits per heavy atom. The second-order valence-electron chi connectivity index (χ2n) is 11.2. The first-order valence-electron chi connectivity index (χ1n) is 13.1. The van der Waals surface area contributed by atoms with Gasteiger partial charge in [0.1, 0.15) is 12.4 Å². The Hall–Kier alpha value is -2.58. The Labute approximate surface area is 228 Å². The van der Waals surface area contributed by atoms with Gasteiger partial charge in [0.2, 0.25) is 11.8 Å². The molecule has 1 fully saturated rings. The summed E-state index contributed by atoms with van der Waals surface area (Å²) in [4.78, 5) is 30.9. The van der Waals surface area contributed by atoms with Crippen molar-refractivity contribution in [2.24, 2.45) is 0 Å². The molecule has 1 aromatic carbocycles. The van der Waals surface area contributed by atoms with Crippen LogP contribution in [-0.2, 0) is 15.0 Å². The smallest absolute Gasteiger partial charge is 0.242 e. The topological polar surface area (TPSA) is 58.4 Å². The van der Waals surface area contributed by atoms with Crippen molar-refractivity contribution in [1.82, 2.24) is 14.7 Å². The number of fused-ring (bicyclic) bond motifs is 1. The van der Waals surface area contributed by atoms with Crippen LogP contribution >= 0.6 is 23.1 Å². The number of hydrogen-bond acceptors (Lipinski definition) is 5. The van der Waals surface area contributed by atoms with Crippen molar-refractivity contribution >= 4 is 40.7 Å². The minimum atomic E-state index is -0.251. The number of hydrogen-bond donors (Lipinski definition) is 0. The molecule has 2 amide bonds. The molecule has 2 aliphatic heterocycles. The van der Waals surface area contributed by atoms with Gasteiger partial charge >= 0.3 is 0 Å². The van der Waals surface area contributed by atoms with Gasteiger partial charge in [-0.1, -0.05) is 38.5 Å². The number of anilines is 1. The first-order valence-corrected chi connectivity index (χ1v) is 15.1. The predicted octanol–water partition coefficient (Wildman–Crippen LogP) is 6.03. The van der Waals surface area contributed by atoms with Gasteiger partial charge < -0.3 is 4.90 Å². The highest BCUT2D eigenvalue weighted by atomic mass is 32.2. The molecule has 0 bridgehead atoms.